The van der Waals surface area contributed by atoms with Crippen molar-refractivity contribution in [2.75, 3.05) is 0 Å². The van der Waals surface area contributed by atoms with E-state index in [1.54, 1.807) is 21.5 Å². The predicted octanol–water partition coefficient (Wildman–Crippen LogP) is 3.32. The fourth-order valence-electron chi connectivity index (χ4n) is 1.88. The van der Waals surface area contributed by atoms with E-state index < -0.39 is 0 Å². The van der Waals surface area contributed by atoms with Crippen molar-refractivity contribution >= 4 is 39.2 Å². The lowest BCUT2D eigenvalue weighted by Gasteiger charge is -2.01. The number of aromatic amines is 1. The number of rotatable bonds is 1. The summed E-state index contributed by atoms with van der Waals surface area (Å²) in [6.45, 7) is 0. The lowest BCUT2D eigenvalue weighted by molar-refractivity contribution is 0.622. The maximum atomic E-state index is 13.6. The molecule has 2 heterocycles. The van der Waals surface area contributed by atoms with Crippen molar-refractivity contribution in [1.29, 1.82) is 0 Å². The van der Waals surface area contributed by atoms with Crippen LogP contribution in [0.4, 0.5) is 4.39 Å². The van der Waals surface area contributed by atoms with Gasteiger partial charge < -0.3 is 4.98 Å². The van der Waals surface area contributed by atoms with Crippen LogP contribution in [0, 0.1) is 10.6 Å². The number of H-pyrrole nitrogens is 1. The number of imidazole rings is 1. The average molecular weight is 327 g/mol. The highest BCUT2D eigenvalue weighted by Gasteiger charge is 2.11. The summed E-state index contributed by atoms with van der Waals surface area (Å²) in [5.74, 6) is -0.325. The van der Waals surface area contributed by atoms with Crippen LogP contribution in [0.1, 0.15) is 0 Å². The monoisotopic (exact) mass is 326 g/mol. The minimum absolute atomic E-state index is 0.325. The van der Waals surface area contributed by atoms with Crippen LogP contribution in [0.2, 0.25) is 0 Å². The standard InChI is InChI=1S/C11H8BrFN4S/c1-16-5-6(4-14-16)17-10-3-8(13)7(12)2-9(10)15-11(17)18/h2-5H,1H3,(H,15,18). The molecule has 1 N–H and O–H groups in total. The van der Waals surface area contributed by atoms with Gasteiger partial charge in [-0.25, -0.2) is 4.39 Å². The molecule has 0 saturated heterocycles. The Morgan fingerprint density at radius 1 is 1.44 bits per heavy atom. The lowest BCUT2D eigenvalue weighted by atomic mass is 10.3. The molecule has 0 aliphatic rings. The lowest BCUT2D eigenvalue weighted by Crippen LogP contribution is -1.93. The van der Waals surface area contributed by atoms with Crippen molar-refractivity contribution in [3.63, 3.8) is 0 Å². The fraction of sp³-hybridized carbons (Fsp3) is 0.0909. The van der Waals surface area contributed by atoms with Gasteiger partial charge in [0.25, 0.3) is 0 Å². The number of fused-ring (bicyclic) bond motifs is 1. The van der Waals surface area contributed by atoms with Gasteiger partial charge in [0.2, 0.25) is 0 Å². The quantitative estimate of drug-likeness (QED) is 0.697. The SMILES string of the molecule is Cn1cc(-n2c(=S)[nH]c3cc(Br)c(F)cc32)cn1. The second-order valence-electron chi connectivity index (χ2n) is 3.92. The molecule has 3 rings (SSSR count). The maximum absolute atomic E-state index is 13.6. The topological polar surface area (TPSA) is 38.5 Å². The Balaban J connectivity index is 2.38. The molecule has 18 heavy (non-hydrogen) atoms. The van der Waals surface area contributed by atoms with E-state index >= 15 is 0 Å². The number of nitrogens with zero attached hydrogens (tertiary/aromatic N) is 3. The summed E-state index contributed by atoms with van der Waals surface area (Å²) in [5, 5.41) is 4.09. The first-order chi connectivity index (χ1) is 8.56. The summed E-state index contributed by atoms with van der Waals surface area (Å²) in [6.07, 6.45) is 3.51. The number of benzene rings is 1. The maximum Gasteiger partial charge on any atom is 0.182 e. The van der Waals surface area contributed by atoms with Gasteiger partial charge in [-0.2, -0.15) is 5.10 Å². The van der Waals surface area contributed by atoms with Crippen LogP contribution in [0.3, 0.4) is 0 Å². The first kappa shape index (κ1) is 11.6. The van der Waals surface area contributed by atoms with Crippen molar-refractivity contribution in [3.8, 4) is 5.69 Å². The third-order valence-corrected chi connectivity index (χ3v) is 3.57. The van der Waals surface area contributed by atoms with Gasteiger partial charge in [0.1, 0.15) is 5.82 Å². The Morgan fingerprint density at radius 2 is 2.22 bits per heavy atom. The molecule has 0 spiro atoms. The van der Waals surface area contributed by atoms with E-state index in [-0.39, 0.29) is 5.82 Å². The van der Waals surface area contributed by atoms with Crippen LogP contribution < -0.4 is 0 Å². The van der Waals surface area contributed by atoms with E-state index in [1.165, 1.54) is 6.07 Å². The second kappa shape index (κ2) is 4.03. The zero-order chi connectivity index (χ0) is 12.9. The molecule has 92 valence electrons. The van der Waals surface area contributed by atoms with Crippen LogP contribution in [0.25, 0.3) is 16.7 Å². The van der Waals surface area contributed by atoms with Crippen molar-refractivity contribution < 1.29 is 4.39 Å². The number of hydrogen-bond donors (Lipinski definition) is 1. The molecule has 0 fully saturated rings. The van der Waals surface area contributed by atoms with E-state index in [2.05, 4.69) is 26.0 Å². The smallest absolute Gasteiger partial charge is 0.182 e. The van der Waals surface area contributed by atoms with E-state index in [0.29, 0.717) is 14.8 Å². The van der Waals surface area contributed by atoms with Gasteiger partial charge in [0.15, 0.2) is 4.77 Å². The fourth-order valence-corrected chi connectivity index (χ4v) is 2.54. The molecule has 0 aliphatic carbocycles. The molecule has 2 aromatic heterocycles. The van der Waals surface area contributed by atoms with Gasteiger partial charge in [-0.1, -0.05) is 0 Å². The van der Waals surface area contributed by atoms with E-state index in [1.807, 2.05) is 13.2 Å². The van der Waals surface area contributed by atoms with Crippen LogP contribution >= 0.6 is 28.1 Å². The van der Waals surface area contributed by atoms with Gasteiger partial charge in [-0.05, 0) is 34.2 Å². The number of halogens is 2. The van der Waals surface area contributed by atoms with E-state index in [4.69, 9.17) is 12.2 Å². The number of nitrogens with one attached hydrogen (secondary N) is 1. The van der Waals surface area contributed by atoms with Gasteiger partial charge in [-0.15, -0.1) is 0 Å². The van der Waals surface area contributed by atoms with Gasteiger partial charge in [-0.3, -0.25) is 9.25 Å². The number of aromatic nitrogens is 4. The van der Waals surface area contributed by atoms with Gasteiger partial charge >= 0.3 is 0 Å². The molecule has 1 aromatic carbocycles. The Kier molecular flexibility index (Phi) is 2.60. The second-order valence-corrected chi connectivity index (χ2v) is 5.16. The molecule has 0 radical (unpaired) electrons. The van der Waals surface area contributed by atoms with Crippen molar-refractivity contribution in [1.82, 2.24) is 19.3 Å². The first-order valence-electron chi connectivity index (χ1n) is 5.15. The van der Waals surface area contributed by atoms with Crippen molar-refractivity contribution in [3.05, 3.63) is 39.6 Å². The zero-order valence-corrected chi connectivity index (χ0v) is 11.7. The molecule has 0 atom stereocenters. The highest BCUT2D eigenvalue weighted by atomic mass is 79.9. The summed E-state index contributed by atoms with van der Waals surface area (Å²) >= 11 is 8.42. The van der Waals surface area contributed by atoms with E-state index in [9.17, 15) is 4.39 Å². The zero-order valence-electron chi connectivity index (χ0n) is 9.32. The summed E-state index contributed by atoms with van der Waals surface area (Å²) in [7, 11) is 1.82. The van der Waals surface area contributed by atoms with Crippen LogP contribution in [-0.2, 0) is 7.05 Å². The average Bonchev–Trinajstić information content (AvgIpc) is 2.83. The molecular weight excluding hydrogens is 319 g/mol. The Morgan fingerprint density at radius 3 is 2.89 bits per heavy atom. The normalized spacial score (nSPS) is 11.3. The third kappa shape index (κ3) is 1.70. The Labute approximate surface area is 115 Å². The predicted molar refractivity (Wildman–Crippen MR) is 72.9 cm³/mol. The van der Waals surface area contributed by atoms with Crippen LogP contribution in [0.15, 0.2) is 29.0 Å². The van der Waals surface area contributed by atoms with Crippen LogP contribution in [0.5, 0.6) is 0 Å². The molecule has 0 bridgehead atoms. The molecule has 0 aliphatic heterocycles. The molecule has 7 heteroatoms. The van der Waals surface area contributed by atoms with Crippen molar-refractivity contribution in [2.45, 2.75) is 0 Å². The van der Waals surface area contributed by atoms with E-state index in [0.717, 1.165) is 11.2 Å². The number of hydrogen-bond acceptors (Lipinski definition) is 2. The molecule has 4 nitrogen and oxygen atoms in total. The summed E-state index contributed by atoms with van der Waals surface area (Å²) in [5.41, 5.74) is 2.27. The summed E-state index contributed by atoms with van der Waals surface area (Å²) in [4.78, 5) is 3.05. The molecular formula is C11H8BrFN4S. The Hall–Kier alpha value is -1.47. The highest BCUT2D eigenvalue weighted by Crippen LogP contribution is 2.25. The molecule has 3 aromatic rings. The Bertz CT molecular complexity index is 801. The van der Waals surface area contributed by atoms with Crippen molar-refractivity contribution in [2.24, 2.45) is 7.05 Å². The minimum Gasteiger partial charge on any atom is -0.330 e. The first-order valence-corrected chi connectivity index (χ1v) is 6.35. The number of aryl methyl sites for hydroxylation is 1. The van der Waals surface area contributed by atoms with Crippen LogP contribution in [-0.4, -0.2) is 19.3 Å². The third-order valence-electron chi connectivity index (χ3n) is 2.67. The molecule has 0 unspecified atom stereocenters. The van der Waals surface area contributed by atoms with Gasteiger partial charge in [0, 0.05) is 19.3 Å². The highest BCUT2D eigenvalue weighted by molar-refractivity contribution is 9.10. The summed E-state index contributed by atoms with van der Waals surface area (Å²) < 4.78 is 18.0. The molecule has 0 saturated carbocycles. The summed E-state index contributed by atoms with van der Waals surface area (Å²) in [6, 6.07) is 3.12. The molecule has 0 amide bonds. The van der Waals surface area contributed by atoms with Gasteiger partial charge in [0.05, 0.1) is 27.4 Å². The minimum atomic E-state index is -0.325. The largest absolute Gasteiger partial charge is 0.330 e.